The number of hydrogen-bond acceptors (Lipinski definition) is 3. The minimum Gasteiger partial charge on any atom is -0.490 e. The van der Waals surface area contributed by atoms with Crippen LogP contribution in [-0.2, 0) is 6.42 Å². The molecule has 4 rings (SSSR count). The monoisotopic (exact) mass is 714 g/mol. The van der Waals surface area contributed by atoms with Crippen LogP contribution in [0, 0.1) is 34.9 Å². The molecule has 0 amide bonds. The van der Waals surface area contributed by atoms with Crippen LogP contribution in [0.4, 0.5) is 43.9 Å². The molecule has 268 valence electrons. The van der Waals surface area contributed by atoms with Gasteiger partial charge in [0.1, 0.15) is 11.6 Å². The molecule has 0 spiro atoms. The van der Waals surface area contributed by atoms with Crippen LogP contribution in [0.15, 0.2) is 60.7 Å². The van der Waals surface area contributed by atoms with Crippen LogP contribution < -0.4 is 14.2 Å². The zero-order chi connectivity index (χ0) is 36.6. The highest BCUT2D eigenvalue weighted by molar-refractivity contribution is 5.84. The highest BCUT2D eigenvalue weighted by Crippen LogP contribution is 2.36. The molecule has 0 fully saturated rings. The summed E-state index contributed by atoms with van der Waals surface area (Å²) in [7, 11) is 0. The van der Waals surface area contributed by atoms with E-state index in [9.17, 15) is 39.5 Å². The summed E-state index contributed by atoms with van der Waals surface area (Å²) in [6, 6.07) is 8.96. The topological polar surface area (TPSA) is 27.7 Å². The summed E-state index contributed by atoms with van der Waals surface area (Å²) in [6.45, 7) is 2.13. The second kappa shape index (κ2) is 16.8. The van der Waals surface area contributed by atoms with Crippen molar-refractivity contribution in [3.05, 3.63) is 112 Å². The van der Waals surface area contributed by atoms with Crippen molar-refractivity contribution >= 4 is 11.7 Å². The number of benzene rings is 4. The van der Waals surface area contributed by atoms with Gasteiger partial charge in [-0.3, -0.25) is 0 Å². The van der Waals surface area contributed by atoms with Gasteiger partial charge in [0.15, 0.2) is 41.3 Å². The van der Waals surface area contributed by atoms with E-state index in [0.29, 0.717) is 37.0 Å². The Morgan fingerprint density at radius 3 is 1.80 bits per heavy atom. The van der Waals surface area contributed by atoms with Crippen LogP contribution in [0.5, 0.6) is 17.2 Å². The number of unbranched alkanes of at least 4 members (excludes halogenated alkanes) is 3. The molecule has 0 bridgehead atoms. The van der Waals surface area contributed by atoms with Gasteiger partial charge in [-0.15, -0.1) is 0 Å². The lowest BCUT2D eigenvalue weighted by Gasteiger charge is -2.20. The van der Waals surface area contributed by atoms with E-state index in [1.807, 2.05) is 13.8 Å². The van der Waals surface area contributed by atoms with Crippen LogP contribution in [0.1, 0.15) is 62.6 Å². The van der Waals surface area contributed by atoms with Crippen molar-refractivity contribution in [1.29, 1.82) is 0 Å². The molecule has 0 heterocycles. The first-order valence-electron chi connectivity index (χ1n) is 15.7. The van der Waals surface area contributed by atoms with Crippen molar-refractivity contribution in [2.75, 3.05) is 13.2 Å². The van der Waals surface area contributed by atoms with E-state index >= 15 is 4.39 Å². The van der Waals surface area contributed by atoms with Gasteiger partial charge in [-0.05, 0) is 78.9 Å². The first-order valence-corrected chi connectivity index (χ1v) is 15.7. The fourth-order valence-corrected chi connectivity index (χ4v) is 4.82. The third-order valence-corrected chi connectivity index (χ3v) is 7.52. The van der Waals surface area contributed by atoms with Crippen molar-refractivity contribution in [1.82, 2.24) is 0 Å². The Kier molecular flexibility index (Phi) is 12.8. The molecular formula is C37H32F10O3. The summed E-state index contributed by atoms with van der Waals surface area (Å²) in [5.41, 5.74) is -2.02. The number of halogens is 10. The van der Waals surface area contributed by atoms with E-state index in [2.05, 4.69) is 9.47 Å². The Morgan fingerprint density at radius 1 is 0.600 bits per heavy atom. The van der Waals surface area contributed by atoms with Gasteiger partial charge in [0, 0.05) is 16.7 Å². The van der Waals surface area contributed by atoms with Gasteiger partial charge in [0.2, 0.25) is 17.5 Å². The standard InChI is InChI=1S/C37H32F10O3/c1-3-5-7-8-21-9-11-24(26(38)18-21)32(41)33(42)25-12-10-22(19-27(25)39)23-13-14-29(34(43)31(23)40)49-20-37(46,47)50-30-16-15-28(35(44)36(30)45)48-17-6-4-2/h9-16,18-19H,3-8,17,20H2,1-2H3. The molecule has 50 heavy (non-hydrogen) atoms. The Hall–Kier alpha value is -4.68. The van der Waals surface area contributed by atoms with Crippen molar-refractivity contribution in [3.8, 4) is 28.4 Å². The number of hydrogen-bond donors (Lipinski definition) is 0. The maximum atomic E-state index is 15.0. The molecule has 0 atom stereocenters. The minimum absolute atomic E-state index is 0.0607. The van der Waals surface area contributed by atoms with Gasteiger partial charge in [-0.25, -0.2) is 22.0 Å². The van der Waals surface area contributed by atoms with E-state index in [-0.39, 0.29) is 12.2 Å². The lowest BCUT2D eigenvalue weighted by atomic mass is 10.0. The first-order chi connectivity index (χ1) is 23.8. The van der Waals surface area contributed by atoms with Crippen molar-refractivity contribution in [2.24, 2.45) is 0 Å². The molecule has 13 heteroatoms. The zero-order valence-electron chi connectivity index (χ0n) is 26.9. The van der Waals surface area contributed by atoms with Crippen LogP contribution in [0.25, 0.3) is 22.8 Å². The Labute approximate surface area is 282 Å². The highest BCUT2D eigenvalue weighted by Gasteiger charge is 2.36. The maximum Gasteiger partial charge on any atom is 0.433 e. The second-order valence-electron chi connectivity index (χ2n) is 11.3. The van der Waals surface area contributed by atoms with E-state index in [1.165, 1.54) is 6.07 Å². The van der Waals surface area contributed by atoms with Crippen molar-refractivity contribution < 1.29 is 58.1 Å². The summed E-state index contributed by atoms with van der Waals surface area (Å²) >= 11 is 0. The molecule has 0 radical (unpaired) electrons. The molecule has 4 aromatic carbocycles. The third-order valence-electron chi connectivity index (χ3n) is 7.52. The van der Waals surface area contributed by atoms with Crippen LogP contribution in [0.2, 0.25) is 0 Å². The summed E-state index contributed by atoms with van der Waals surface area (Å²) < 4.78 is 161. The van der Waals surface area contributed by atoms with E-state index < -0.39 is 93.2 Å². The fourth-order valence-electron chi connectivity index (χ4n) is 4.82. The normalized spacial score (nSPS) is 12.2. The lowest BCUT2D eigenvalue weighted by Crippen LogP contribution is -2.33. The SMILES string of the molecule is CCCCCc1ccc(C(F)=C(F)c2ccc(-c3ccc(OCC(F)(F)Oc4ccc(OCCCC)c(F)c4F)c(F)c3F)cc2F)c(F)c1. The number of alkyl halides is 2. The highest BCUT2D eigenvalue weighted by atomic mass is 19.3. The van der Waals surface area contributed by atoms with Gasteiger partial charge < -0.3 is 14.2 Å². The average molecular weight is 715 g/mol. The Bertz CT molecular complexity index is 1840. The summed E-state index contributed by atoms with van der Waals surface area (Å²) in [5.74, 6) is -15.4. The smallest absolute Gasteiger partial charge is 0.433 e. The minimum atomic E-state index is -4.36. The lowest BCUT2D eigenvalue weighted by molar-refractivity contribution is -0.197. The van der Waals surface area contributed by atoms with Gasteiger partial charge in [0.25, 0.3) is 0 Å². The van der Waals surface area contributed by atoms with E-state index in [4.69, 9.17) is 4.74 Å². The largest absolute Gasteiger partial charge is 0.490 e. The number of rotatable bonds is 16. The third kappa shape index (κ3) is 9.10. The first kappa shape index (κ1) is 38.1. The molecule has 0 aliphatic carbocycles. The molecule has 0 aliphatic rings. The van der Waals surface area contributed by atoms with Crippen LogP contribution in [-0.4, -0.2) is 19.3 Å². The molecule has 0 saturated heterocycles. The zero-order valence-corrected chi connectivity index (χ0v) is 26.9. The van der Waals surface area contributed by atoms with Gasteiger partial charge in [-0.2, -0.15) is 22.0 Å². The summed E-state index contributed by atoms with van der Waals surface area (Å²) in [4.78, 5) is 0. The summed E-state index contributed by atoms with van der Waals surface area (Å²) in [6.07, 6.45) is 0.0450. The Balaban J connectivity index is 1.47. The fraction of sp³-hybridized carbons (Fsp3) is 0.297. The van der Waals surface area contributed by atoms with Gasteiger partial charge >= 0.3 is 6.11 Å². The Morgan fingerprint density at radius 2 is 1.16 bits per heavy atom. The molecule has 0 N–H and O–H groups in total. The van der Waals surface area contributed by atoms with E-state index in [0.717, 1.165) is 61.7 Å². The average Bonchev–Trinajstić information content (AvgIpc) is 3.08. The van der Waals surface area contributed by atoms with E-state index in [1.54, 1.807) is 0 Å². The predicted octanol–water partition coefficient (Wildman–Crippen LogP) is 11.9. The maximum absolute atomic E-state index is 15.0. The molecule has 3 nitrogen and oxygen atoms in total. The number of ether oxygens (including phenoxy) is 3. The molecular weight excluding hydrogens is 682 g/mol. The quantitative estimate of drug-likeness (QED) is 0.0657. The molecule has 0 saturated carbocycles. The molecule has 0 unspecified atom stereocenters. The van der Waals surface area contributed by atoms with Crippen molar-refractivity contribution in [2.45, 2.75) is 58.5 Å². The van der Waals surface area contributed by atoms with Gasteiger partial charge in [0.05, 0.1) is 6.61 Å². The summed E-state index contributed by atoms with van der Waals surface area (Å²) in [5, 5.41) is 0. The molecule has 0 aliphatic heterocycles. The molecule has 0 aromatic heterocycles. The second-order valence-corrected chi connectivity index (χ2v) is 11.3. The predicted molar refractivity (Wildman–Crippen MR) is 168 cm³/mol. The van der Waals surface area contributed by atoms with Crippen molar-refractivity contribution in [3.63, 3.8) is 0 Å². The van der Waals surface area contributed by atoms with Crippen LogP contribution in [0.3, 0.4) is 0 Å². The van der Waals surface area contributed by atoms with Gasteiger partial charge in [-0.1, -0.05) is 45.2 Å². The number of aryl methyl sites for hydroxylation is 1. The van der Waals surface area contributed by atoms with Crippen LogP contribution >= 0.6 is 0 Å². The molecule has 4 aromatic rings.